The highest BCUT2D eigenvalue weighted by atomic mass is 32.1. The van der Waals surface area contributed by atoms with Gasteiger partial charge in [0.2, 0.25) is 5.91 Å². The van der Waals surface area contributed by atoms with E-state index < -0.39 is 11.9 Å². The largest absolute Gasteiger partial charge is 0.459 e. The summed E-state index contributed by atoms with van der Waals surface area (Å²) in [6.45, 7) is 5.43. The quantitative estimate of drug-likeness (QED) is 0.622. The van der Waals surface area contributed by atoms with Crippen LogP contribution in [0.4, 0.5) is 5.00 Å². The van der Waals surface area contributed by atoms with Crippen molar-refractivity contribution in [3.8, 4) is 0 Å². The first-order valence-electron chi connectivity index (χ1n) is 11.2. The maximum absolute atomic E-state index is 13.0. The van der Waals surface area contributed by atoms with E-state index in [1.54, 1.807) is 20.8 Å². The summed E-state index contributed by atoms with van der Waals surface area (Å²) >= 11 is 1.04. The predicted molar refractivity (Wildman–Crippen MR) is 120 cm³/mol. The van der Waals surface area contributed by atoms with Crippen LogP contribution in [-0.4, -0.2) is 47.9 Å². The summed E-state index contributed by atoms with van der Waals surface area (Å²) in [7, 11) is 2.05. The third-order valence-electron chi connectivity index (χ3n) is 7.37. The molecule has 0 spiro atoms. The summed E-state index contributed by atoms with van der Waals surface area (Å²) in [6, 6.07) is 0. The summed E-state index contributed by atoms with van der Waals surface area (Å²) in [4.78, 5) is 39.9. The molecule has 8 heteroatoms. The van der Waals surface area contributed by atoms with Crippen molar-refractivity contribution < 1.29 is 19.1 Å². The zero-order chi connectivity index (χ0) is 22.5. The fourth-order valence-electron chi connectivity index (χ4n) is 6.44. The van der Waals surface area contributed by atoms with Crippen molar-refractivity contribution in [2.24, 2.45) is 23.5 Å². The standard InChI is InChI=1S/C23H33N3O4S/c1-12(2)30-22(29)18-13(3)19(20(24)28)31-21(18)25-17(27)11-26(4)23-8-14-5-15(9-23)7-16(6-14)10-23/h12,14-16H,5-11H2,1-4H3,(H2,24,28)(H,25,27). The Kier molecular flexibility index (Phi) is 5.89. The highest BCUT2D eigenvalue weighted by molar-refractivity contribution is 7.18. The predicted octanol–water partition coefficient (Wildman–Crippen LogP) is 3.56. The minimum atomic E-state index is -0.618. The van der Waals surface area contributed by atoms with Gasteiger partial charge in [0.1, 0.15) is 5.00 Å². The molecule has 4 aliphatic carbocycles. The van der Waals surface area contributed by atoms with Gasteiger partial charge in [-0.1, -0.05) is 0 Å². The summed E-state index contributed by atoms with van der Waals surface area (Å²) in [5, 5.41) is 3.21. The third kappa shape index (κ3) is 4.24. The average molecular weight is 448 g/mol. The number of thiophene rings is 1. The van der Waals surface area contributed by atoms with Crippen LogP contribution in [-0.2, 0) is 9.53 Å². The lowest BCUT2D eigenvalue weighted by molar-refractivity contribution is -0.123. The summed E-state index contributed by atoms with van der Waals surface area (Å²) in [5.74, 6) is 1.04. The number of esters is 1. The Morgan fingerprint density at radius 1 is 1.16 bits per heavy atom. The summed E-state index contributed by atoms with van der Waals surface area (Å²) in [6.07, 6.45) is 7.28. The van der Waals surface area contributed by atoms with Gasteiger partial charge in [0, 0.05) is 5.54 Å². The van der Waals surface area contributed by atoms with Crippen molar-refractivity contribution in [2.45, 2.75) is 70.9 Å². The summed E-state index contributed by atoms with van der Waals surface area (Å²) < 4.78 is 5.33. The van der Waals surface area contributed by atoms with Crippen molar-refractivity contribution in [2.75, 3.05) is 18.9 Å². The van der Waals surface area contributed by atoms with Gasteiger partial charge in [0.25, 0.3) is 5.91 Å². The van der Waals surface area contributed by atoms with Gasteiger partial charge < -0.3 is 15.8 Å². The second kappa shape index (κ2) is 8.20. The minimum Gasteiger partial charge on any atom is -0.459 e. The Balaban J connectivity index is 1.50. The van der Waals surface area contributed by atoms with Crippen molar-refractivity contribution in [3.63, 3.8) is 0 Å². The van der Waals surface area contributed by atoms with Gasteiger partial charge in [-0.15, -0.1) is 11.3 Å². The van der Waals surface area contributed by atoms with Gasteiger partial charge in [-0.05, 0) is 89.7 Å². The molecule has 7 nitrogen and oxygen atoms in total. The van der Waals surface area contributed by atoms with Crippen LogP contribution in [0.15, 0.2) is 0 Å². The molecule has 4 aliphatic rings. The first-order chi connectivity index (χ1) is 14.6. The first-order valence-corrected chi connectivity index (χ1v) is 12.0. The molecule has 1 heterocycles. The molecular formula is C23H33N3O4S. The molecular weight excluding hydrogens is 414 g/mol. The number of rotatable bonds is 7. The Hall–Kier alpha value is -1.93. The molecule has 0 aromatic carbocycles. The van der Waals surface area contributed by atoms with E-state index in [1.165, 1.54) is 38.5 Å². The second-order valence-electron chi connectivity index (χ2n) is 10.1. The van der Waals surface area contributed by atoms with E-state index in [1.807, 2.05) is 0 Å². The van der Waals surface area contributed by atoms with Gasteiger partial charge in [-0.2, -0.15) is 0 Å². The fourth-order valence-corrected chi connectivity index (χ4v) is 7.50. The number of nitrogens with zero attached hydrogens (tertiary/aromatic N) is 1. The lowest BCUT2D eigenvalue weighted by Gasteiger charge is -2.59. The average Bonchev–Trinajstić information content (AvgIpc) is 2.96. The molecule has 4 fully saturated rings. The monoisotopic (exact) mass is 447 g/mol. The molecule has 2 amide bonds. The molecule has 3 N–H and O–H groups in total. The number of nitrogens with two attached hydrogens (primary N) is 1. The van der Waals surface area contributed by atoms with Crippen LogP contribution in [0.1, 0.15) is 78.0 Å². The van der Waals surface area contributed by atoms with Crippen molar-refractivity contribution in [1.29, 1.82) is 0 Å². The molecule has 4 bridgehead atoms. The maximum Gasteiger partial charge on any atom is 0.341 e. The van der Waals surface area contributed by atoms with Crippen LogP contribution >= 0.6 is 11.3 Å². The molecule has 0 unspecified atom stereocenters. The number of nitrogens with one attached hydrogen (secondary N) is 1. The Bertz CT molecular complexity index is 872. The third-order valence-corrected chi connectivity index (χ3v) is 8.59. The molecule has 170 valence electrons. The van der Waals surface area contributed by atoms with Gasteiger partial charge in [-0.25, -0.2) is 4.79 Å². The number of amides is 2. The van der Waals surface area contributed by atoms with Crippen LogP contribution in [0.5, 0.6) is 0 Å². The van der Waals surface area contributed by atoms with E-state index >= 15 is 0 Å². The van der Waals surface area contributed by atoms with Gasteiger partial charge >= 0.3 is 5.97 Å². The van der Waals surface area contributed by atoms with Crippen LogP contribution in [0, 0.1) is 24.7 Å². The van der Waals surface area contributed by atoms with Gasteiger partial charge in [0.15, 0.2) is 0 Å². The van der Waals surface area contributed by atoms with Crippen LogP contribution in [0.2, 0.25) is 0 Å². The molecule has 0 radical (unpaired) electrons. The van der Waals surface area contributed by atoms with E-state index in [0.29, 0.717) is 10.6 Å². The minimum absolute atomic E-state index is 0.120. The SMILES string of the molecule is Cc1c(C(N)=O)sc(NC(=O)CN(C)C23CC4CC(CC(C4)C2)C3)c1C(=O)OC(C)C. The second-order valence-corrected chi connectivity index (χ2v) is 11.1. The van der Waals surface area contributed by atoms with E-state index in [4.69, 9.17) is 10.5 Å². The Morgan fingerprint density at radius 3 is 2.19 bits per heavy atom. The number of hydrogen-bond acceptors (Lipinski definition) is 6. The maximum atomic E-state index is 13.0. The number of anilines is 1. The molecule has 4 saturated carbocycles. The zero-order valence-corrected chi connectivity index (χ0v) is 19.6. The topological polar surface area (TPSA) is 102 Å². The zero-order valence-electron chi connectivity index (χ0n) is 18.8. The molecule has 0 saturated heterocycles. The smallest absolute Gasteiger partial charge is 0.341 e. The van der Waals surface area contributed by atoms with E-state index in [2.05, 4.69) is 17.3 Å². The number of primary amides is 1. The van der Waals surface area contributed by atoms with E-state index in [-0.39, 0.29) is 34.5 Å². The van der Waals surface area contributed by atoms with Gasteiger partial charge in [0.05, 0.1) is 23.1 Å². The Morgan fingerprint density at radius 2 is 1.71 bits per heavy atom. The lowest BCUT2D eigenvalue weighted by atomic mass is 9.52. The number of hydrogen-bond donors (Lipinski definition) is 2. The number of carbonyl (C=O) groups excluding carboxylic acids is 3. The molecule has 1 aromatic rings. The normalized spacial score (nSPS) is 28.9. The van der Waals surface area contributed by atoms with Crippen molar-refractivity contribution in [1.82, 2.24) is 4.90 Å². The van der Waals surface area contributed by atoms with Crippen molar-refractivity contribution >= 4 is 34.1 Å². The van der Waals surface area contributed by atoms with Crippen LogP contribution in [0.3, 0.4) is 0 Å². The lowest BCUT2D eigenvalue weighted by Crippen LogP contribution is -2.59. The highest BCUT2D eigenvalue weighted by Crippen LogP contribution is 2.57. The number of ether oxygens (including phenoxy) is 1. The molecule has 0 atom stereocenters. The summed E-state index contributed by atoms with van der Waals surface area (Å²) in [5.41, 5.74) is 6.27. The van der Waals surface area contributed by atoms with E-state index in [9.17, 15) is 14.4 Å². The van der Waals surface area contributed by atoms with Crippen molar-refractivity contribution in [3.05, 3.63) is 16.0 Å². The Labute approximate surface area is 187 Å². The highest BCUT2D eigenvalue weighted by Gasteiger charge is 2.52. The van der Waals surface area contributed by atoms with Gasteiger partial charge in [-0.3, -0.25) is 14.5 Å². The molecule has 31 heavy (non-hydrogen) atoms. The number of likely N-dealkylation sites (N-methyl/N-ethyl adjacent to an activating group) is 1. The molecule has 5 rings (SSSR count). The fraction of sp³-hybridized carbons (Fsp3) is 0.696. The number of carbonyl (C=O) groups is 3. The van der Waals surface area contributed by atoms with Crippen LogP contribution in [0.25, 0.3) is 0 Å². The van der Waals surface area contributed by atoms with Crippen LogP contribution < -0.4 is 11.1 Å². The van der Waals surface area contributed by atoms with E-state index in [0.717, 1.165) is 29.1 Å². The first kappa shape index (κ1) is 22.3. The molecule has 0 aliphatic heterocycles. The molecule has 1 aromatic heterocycles.